The first-order valence-electron chi connectivity index (χ1n) is 6.00. The van der Waals surface area contributed by atoms with E-state index in [9.17, 15) is 14.9 Å². The third-order valence-electron chi connectivity index (χ3n) is 2.46. The van der Waals surface area contributed by atoms with Gasteiger partial charge in [0.15, 0.2) is 0 Å². The van der Waals surface area contributed by atoms with Gasteiger partial charge in [-0.15, -0.1) is 0 Å². The number of hydrogen-bond donors (Lipinski definition) is 3. The number of nitro benzene ring substituents is 1. The maximum Gasteiger partial charge on any atom is 0.338 e. The quantitative estimate of drug-likeness (QED) is 0.352. The number of aliphatic hydroxyl groups excluding tert-OH is 1. The number of non-ortho nitro benzene ring substituents is 1. The van der Waals surface area contributed by atoms with E-state index >= 15 is 0 Å². The summed E-state index contributed by atoms with van der Waals surface area (Å²) in [6.07, 6.45) is 0.621. The van der Waals surface area contributed by atoms with Crippen molar-refractivity contribution in [3.05, 3.63) is 33.9 Å². The number of anilines is 1. The van der Waals surface area contributed by atoms with Crippen LogP contribution in [0.15, 0.2) is 18.2 Å². The van der Waals surface area contributed by atoms with E-state index in [0.29, 0.717) is 25.3 Å². The van der Waals surface area contributed by atoms with E-state index < -0.39 is 10.9 Å². The van der Waals surface area contributed by atoms with Crippen molar-refractivity contribution < 1.29 is 24.7 Å². The standard InChI is InChI=1S/C12H16N2O6/c15-5-7-20-6-1-4-13-11-3-2-9(14(18)19)8-10(11)12(16)17/h2-3,8,13,15H,1,4-7H2,(H,16,17). The molecule has 0 heterocycles. The molecule has 1 aromatic rings. The molecule has 110 valence electrons. The molecule has 0 saturated carbocycles. The number of aromatic carboxylic acids is 1. The van der Waals surface area contributed by atoms with Gasteiger partial charge in [0.2, 0.25) is 0 Å². The third-order valence-corrected chi connectivity index (χ3v) is 2.46. The summed E-state index contributed by atoms with van der Waals surface area (Å²) in [6.45, 7) is 1.11. The molecule has 8 nitrogen and oxygen atoms in total. The lowest BCUT2D eigenvalue weighted by molar-refractivity contribution is -0.384. The number of benzene rings is 1. The van der Waals surface area contributed by atoms with Crippen molar-refractivity contribution >= 4 is 17.3 Å². The lowest BCUT2D eigenvalue weighted by Crippen LogP contribution is -2.11. The molecular formula is C12H16N2O6. The van der Waals surface area contributed by atoms with Crippen LogP contribution in [0.3, 0.4) is 0 Å². The highest BCUT2D eigenvalue weighted by Gasteiger charge is 2.15. The minimum absolute atomic E-state index is 0.0427. The van der Waals surface area contributed by atoms with Crippen molar-refractivity contribution in [2.75, 3.05) is 31.7 Å². The van der Waals surface area contributed by atoms with Crippen LogP contribution in [-0.2, 0) is 4.74 Å². The third kappa shape index (κ3) is 4.82. The maximum absolute atomic E-state index is 11.1. The Hall–Kier alpha value is -2.19. The molecule has 0 aromatic heterocycles. The van der Waals surface area contributed by atoms with E-state index in [1.807, 2.05) is 0 Å². The van der Waals surface area contributed by atoms with Crippen LogP contribution in [0.5, 0.6) is 0 Å². The second-order valence-corrected chi connectivity index (χ2v) is 3.91. The second-order valence-electron chi connectivity index (χ2n) is 3.91. The van der Waals surface area contributed by atoms with Crippen LogP contribution in [0.25, 0.3) is 0 Å². The molecule has 1 rings (SSSR count). The molecule has 0 spiro atoms. The molecule has 0 amide bonds. The van der Waals surface area contributed by atoms with Gasteiger partial charge in [-0.25, -0.2) is 4.79 Å². The minimum Gasteiger partial charge on any atom is -0.478 e. The van der Waals surface area contributed by atoms with E-state index in [1.54, 1.807) is 0 Å². The summed E-state index contributed by atoms with van der Waals surface area (Å²) in [5.74, 6) is -1.23. The Morgan fingerprint density at radius 2 is 2.15 bits per heavy atom. The first-order chi connectivity index (χ1) is 9.56. The van der Waals surface area contributed by atoms with Gasteiger partial charge in [-0.1, -0.05) is 0 Å². The molecule has 3 N–H and O–H groups in total. The number of aliphatic hydroxyl groups is 1. The molecule has 0 radical (unpaired) electrons. The zero-order valence-corrected chi connectivity index (χ0v) is 10.7. The molecule has 8 heteroatoms. The van der Waals surface area contributed by atoms with Gasteiger partial charge in [0, 0.05) is 31.0 Å². The highest BCUT2D eigenvalue weighted by Crippen LogP contribution is 2.22. The van der Waals surface area contributed by atoms with Crippen molar-refractivity contribution in [2.45, 2.75) is 6.42 Å². The molecular weight excluding hydrogens is 268 g/mol. The summed E-state index contributed by atoms with van der Waals surface area (Å²) in [7, 11) is 0. The van der Waals surface area contributed by atoms with Crippen LogP contribution < -0.4 is 5.32 Å². The summed E-state index contributed by atoms with van der Waals surface area (Å²) in [5, 5.41) is 31.0. The van der Waals surface area contributed by atoms with Gasteiger partial charge in [-0.05, 0) is 12.5 Å². The average molecular weight is 284 g/mol. The number of carboxylic acids is 1. The lowest BCUT2D eigenvalue weighted by Gasteiger charge is -2.09. The van der Waals surface area contributed by atoms with Gasteiger partial charge in [-0.3, -0.25) is 10.1 Å². The van der Waals surface area contributed by atoms with Crippen LogP contribution in [0.4, 0.5) is 11.4 Å². The Morgan fingerprint density at radius 3 is 2.75 bits per heavy atom. The number of nitrogens with one attached hydrogen (secondary N) is 1. The fourth-order valence-electron chi connectivity index (χ4n) is 1.54. The zero-order valence-electron chi connectivity index (χ0n) is 10.7. The summed E-state index contributed by atoms with van der Waals surface area (Å²) in [6, 6.07) is 3.64. The molecule has 0 saturated heterocycles. The smallest absolute Gasteiger partial charge is 0.338 e. The number of hydrogen-bond acceptors (Lipinski definition) is 6. The second kappa shape index (κ2) is 8.08. The highest BCUT2D eigenvalue weighted by molar-refractivity contribution is 5.95. The highest BCUT2D eigenvalue weighted by atomic mass is 16.6. The van der Waals surface area contributed by atoms with Gasteiger partial charge >= 0.3 is 5.97 Å². The van der Waals surface area contributed by atoms with E-state index in [-0.39, 0.29) is 24.5 Å². The van der Waals surface area contributed by atoms with Crippen LogP contribution in [-0.4, -0.2) is 47.5 Å². The van der Waals surface area contributed by atoms with Crippen LogP contribution in [0.1, 0.15) is 16.8 Å². The molecule has 0 aliphatic carbocycles. The monoisotopic (exact) mass is 284 g/mol. The zero-order chi connectivity index (χ0) is 15.0. The van der Waals surface area contributed by atoms with Gasteiger partial charge in [-0.2, -0.15) is 0 Å². The Labute approximate surface area is 115 Å². The van der Waals surface area contributed by atoms with Crippen LogP contribution in [0.2, 0.25) is 0 Å². The SMILES string of the molecule is O=C(O)c1cc([N+](=O)[O-])ccc1NCCCOCCO. The molecule has 0 unspecified atom stereocenters. The number of nitro groups is 1. The predicted molar refractivity (Wildman–Crippen MR) is 71.1 cm³/mol. The van der Waals surface area contributed by atoms with Gasteiger partial charge < -0.3 is 20.3 Å². The Balaban J connectivity index is 2.60. The van der Waals surface area contributed by atoms with E-state index in [4.69, 9.17) is 14.9 Å². The van der Waals surface area contributed by atoms with Crippen molar-refractivity contribution in [1.82, 2.24) is 0 Å². The van der Waals surface area contributed by atoms with E-state index in [1.165, 1.54) is 12.1 Å². The largest absolute Gasteiger partial charge is 0.478 e. The summed E-state index contributed by atoms with van der Waals surface area (Å²) < 4.78 is 5.05. The maximum atomic E-state index is 11.1. The topological polar surface area (TPSA) is 122 Å². The van der Waals surface area contributed by atoms with Crippen LogP contribution >= 0.6 is 0 Å². The van der Waals surface area contributed by atoms with Crippen molar-refractivity contribution in [3.8, 4) is 0 Å². The molecule has 0 fully saturated rings. The normalized spacial score (nSPS) is 10.2. The first kappa shape index (κ1) is 15.9. The van der Waals surface area contributed by atoms with Crippen LogP contribution in [0, 0.1) is 10.1 Å². The minimum atomic E-state index is -1.23. The molecule has 1 aromatic carbocycles. The Bertz CT molecular complexity index is 477. The number of ether oxygens (including phenoxy) is 1. The number of rotatable bonds is 9. The van der Waals surface area contributed by atoms with Crippen molar-refractivity contribution in [2.24, 2.45) is 0 Å². The fourth-order valence-corrected chi connectivity index (χ4v) is 1.54. The molecule has 0 atom stereocenters. The molecule has 0 aliphatic heterocycles. The number of carboxylic acid groups (broad SMARTS) is 1. The summed E-state index contributed by atoms with van der Waals surface area (Å²) in [4.78, 5) is 21.0. The number of nitrogens with zero attached hydrogens (tertiary/aromatic N) is 1. The Kier molecular flexibility index (Phi) is 6.41. The fraction of sp³-hybridized carbons (Fsp3) is 0.417. The average Bonchev–Trinajstić information content (AvgIpc) is 2.42. The van der Waals surface area contributed by atoms with E-state index in [2.05, 4.69) is 5.32 Å². The number of carbonyl (C=O) groups is 1. The van der Waals surface area contributed by atoms with Crippen molar-refractivity contribution in [1.29, 1.82) is 0 Å². The molecule has 0 bridgehead atoms. The summed E-state index contributed by atoms with van der Waals surface area (Å²) in [5.41, 5.74) is -0.0834. The Morgan fingerprint density at radius 1 is 1.40 bits per heavy atom. The molecule has 20 heavy (non-hydrogen) atoms. The summed E-state index contributed by atoms with van der Waals surface area (Å²) >= 11 is 0. The van der Waals surface area contributed by atoms with Gasteiger partial charge in [0.25, 0.3) is 5.69 Å². The first-order valence-corrected chi connectivity index (χ1v) is 6.00. The van der Waals surface area contributed by atoms with E-state index in [0.717, 1.165) is 6.07 Å². The van der Waals surface area contributed by atoms with Crippen molar-refractivity contribution in [3.63, 3.8) is 0 Å². The molecule has 0 aliphatic rings. The lowest BCUT2D eigenvalue weighted by atomic mass is 10.1. The van der Waals surface area contributed by atoms with Gasteiger partial charge in [0.05, 0.1) is 23.7 Å². The van der Waals surface area contributed by atoms with Gasteiger partial charge in [0.1, 0.15) is 0 Å². The predicted octanol–water partition coefficient (Wildman–Crippen LogP) is 1.10.